The van der Waals surface area contributed by atoms with E-state index in [1.165, 1.54) is 0 Å². The molecule has 0 atom stereocenters. The second-order valence-electron chi connectivity index (χ2n) is 5.39. The number of amides is 2. The molecule has 0 aliphatic rings. The molecule has 2 rings (SSSR count). The fourth-order valence-electron chi connectivity index (χ4n) is 2.14. The Morgan fingerprint density at radius 1 is 1.16 bits per heavy atom. The molecule has 0 aliphatic heterocycles. The number of ether oxygens (including phenoxy) is 1. The molecule has 0 aliphatic carbocycles. The van der Waals surface area contributed by atoms with Crippen LogP contribution in [0, 0.1) is 0 Å². The predicted octanol–water partition coefficient (Wildman–Crippen LogP) is 1.77. The first kappa shape index (κ1) is 18.5. The van der Waals surface area contributed by atoms with Crippen molar-refractivity contribution < 1.29 is 18.7 Å². The normalized spacial score (nSPS) is 10.3. The molecule has 2 aromatic rings. The van der Waals surface area contributed by atoms with E-state index in [2.05, 4.69) is 16.0 Å². The van der Waals surface area contributed by atoms with E-state index in [9.17, 15) is 9.59 Å². The molecule has 1 heterocycles. The van der Waals surface area contributed by atoms with Gasteiger partial charge in [-0.15, -0.1) is 0 Å². The summed E-state index contributed by atoms with van der Waals surface area (Å²) in [6.45, 7) is 1.66. The number of benzene rings is 1. The Hall–Kier alpha value is -2.80. The topological polar surface area (TPSA) is 92.6 Å². The van der Waals surface area contributed by atoms with E-state index < -0.39 is 0 Å². The summed E-state index contributed by atoms with van der Waals surface area (Å²) in [6, 6.07) is 10.6. The van der Waals surface area contributed by atoms with Gasteiger partial charge in [0, 0.05) is 31.5 Å². The van der Waals surface area contributed by atoms with Crippen LogP contribution in [-0.4, -0.2) is 38.6 Å². The summed E-state index contributed by atoms with van der Waals surface area (Å²) in [5, 5.41) is 8.58. The van der Waals surface area contributed by atoms with Crippen molar-refractivity contribution in [3.63, 3.8) is 0 Å². The fraction of sp³-hybridized carbons (Fsp3) is 0.333. The lowest BCUT2D eigenvalue weighted by molar-refractivity contribution is -0.119. The number of furan rings is 1. The summed E-state index contributed by atoms with van der Waals surface area (Å²) < 4.78 is 10.1. The molecule has 7 heteroatoms. The zero-order chi connectivity index (χ0) is 17.9. The minimum atomic E-state index is -0.205. The van der Waals surface area contributed by atoms with Crippen LogP contribution in [0.1, 0.15) is 22.5 Å². The first-order chi connectivity index (χ1) is 12.2. The highest BCUT2D eigenvalue weighted by molar-refractivity contribution is 5.95. The maximum absolute atomic E-state index is 12.2. The van der Waals surface area contributed by atoms with Gasteiger partial charge in [0.25, 0.3) is 5.91 Å². The average Bonchev–Trinajstić information content (AvgIpc) is 3.15. The zero-order valence-corrected chi connectivity index (χ0v) is 14.2. The molecule has 0 radical (unpaired) electrons. The molecule has 134 valence electrons. The van der Waals surface area contributed by atoms with Crippen molar-refractivity contribution in [2.75, 3.05) is 32.1 Å². The number of hydrogen-bond acceptors (Lipinski definition) is 5. The molecular formula is C18H23N3O4. The Kier molecular flexibility index (Phi) is 7.52. The Balaban J connectivity index is 1.77. The Labute approximate surface area is 146 Å². The predicted molar refractivity (Wildman–Crippen MR) is 94.3 cm³/mol. The monoisotopic (exact) mass is 345 g/mol. The molecule has 2 amide bonds. The van der Waals surface area contributed by atoms with Crippen LogP contribution in [0.5, 0.6) is 0 Å². The van der Waals surface area contributed by atoms with E-state index in [0.717, 1.165) is 6.42 Å². The molecule has 3 N–H and O–H groups in total. The van der Waals surface area contributed by atoms with Crippen LogP contribution in [0.3, 0.4) is 0 Å². The summed E-state index contributed by atoms with van der Waals surface area (Å²) in [5.74, 6) is 0.376. The molecule has 25 heavy (non-hydrogen) atoms. The van der Waals surface area contributed by atoms with Crippen LogP contribution < -0.4 is 16.0 Å². The lowest BCUT2D eigenvalue weighted by Crippen LogP contribution is -2.31. The largest absolute Gasteiger partial charge is 0.467 e. The maximum Gasteiger partial charge on any atom is 0.251 e. The number of nitrogens with one attached hydrogen (secondary N) is 3. The molecule has 0 fully saturated rings. The number of carbonyl (C=O) groups is 2. The van der Waals surface area contributed by atoms with Gasteiger partial charge in [0.05, 0.1) is 19.4 Å². The van der Waals surface area contributed by atoms with Crippen LogP contribution in [0.4, 0.5) is 5.69 Å². The van der Waals surface area contributed by atoms with Gasteiger partial charge in [-0.1, -0.05) is 6.07 Å². The molecular weight excluding hydrogens is 322 g/mol. The van der Waals surface area contributed by atoms with E-state index in [0.29, 0.717) is 36.7 Å². The van der Waals surface area contributed by atoms with E-state index in [1.54, 1.807) is 43.7 Å². The van der Waals surface area contributed by atoms with E-state index >= 15 is 0 Å². The Bertz CT molecular complexity index is 671. The van der Waals surface area contributed by atoms with Crippen molar-refractivity contribution in [2.24, 2.45) is 0 Å². The van der Waals surface area contributed by atoms with Crippen LogP contribution in [0.2, 0.25) is 0 Å². The van der Waals surface area contributed by atoms with Gasteiger partial charge in [-0.25, -0.2) is 0 Å². The Morgan fingerprint density at radius 3 is 2.80 bits per heavy atom. The fourth-order valence-corrected chi connectivity index (χ4v) is 2.14. The standard InChI is InChI=1S/C18H23N3O4/c1-24-9-4-8-19-17(22)13-20-15-6-2-5-14(11-15)18(23)21-12-16-7-3-10-25-16/h2-3,5-7,10-11,20H,4,8-9,12-13H2,1H3,(H,19,22)(H,21,23). The van der Waals surface area contributed by atoms with Gasteiger partial charge in [-0.05, 0) is 36.8 Å². The number of anilines is 1. The van der Waals surface area contributed by atoms with Gasteiger partial charge in [-0.3, -0.25) is 9.59 Å². The highest BCUT2D eigenvalue weighted by Crippen LogP contribution is 2.10. The SMILES string of the molecule is COCCCNC(=O)CNc1cccc(C(=O)NCc2ccco2)c1. The summed E-state index contributed by atoms with van der Waals surface area (Å²) >= 11 is 0. The first-order valence-corrected chi connectivity index (χ1v) is 8.09. The average molecular weight is 345 g/mol. The van der Waals surface area contributed by atoms with Crippen molar-refractivity contribution in [3.8, 4) is 0 Å². The van der Waals surface area contributed by atoms with Crippen LogP contribution in [0.25, 0.3) is 0 Å². The van der Waals surface area contributed by atoms with Crippen molar-refractivity contribution >= 4 is 17.5 Å². The number of methoxy groups -OCH3 is 1. The molecule has 0 bridgehead atoms. The Morgan fingerprint density at radius 2 is 2.04 bits per heavy atom. The maximum atomic E-state index is 12.2. The van der Waals surface area contributed by atoms with Gasteiger partial charge in [0.2, 0.25) is 5.91 Å². The molecule has 0 saturated heterocycles. The van der Waals surface area contributed by atoms with Gasteiger partial charge in [0.15, 0.2) is 0 Å². The van der Waals surface area contributed by atoms with Crippen LogP contribution in [0.15, 0.2) is 47.1 Å². The smallest absolute Gasteiger partial charge is 0.251 e. The van der Waals surface area contributed by atoms with E-state index in [4.69, 9.17) is 9.15 Å². The van der Waals surface area contributed by atoms with Gasteiger partial charge < -0.3 is 25.1 Å². The van der Waals surface area contributed by atoms with Crippen molar-refractivity contribution in [1.82, 2.24) is 10.6 Å². The number of carbonyl (C=O) groups excluding carboxylic acids is 2. The van der Waals surface area contributed by atoms with Crippen LogP contribution >= 0.6 is 0 Å². The van der Waals surface area contributed by atoms with Crippen molar-refractivity contribution in [3.05, 3.63) is 54.0 Å². The third-order valence-electron chi connectivity index (χ3n) is 3.43. The van der Waals surface area contributed by atoms with Gasteiger partial charge in [0.1, 0.15) is 5.76 Å². The third-order valence-corrected chi connectivity index (χ3v) is 3.43. The molecule has 1 aromatic carbocycles. The summed E-state index contributed by atoms with van der Waals surface area (Å²) in [7, 11) is 1.63. The number of rotatable bonds is 10. The highest BCUT2D eigenvalue weighted by atomic mass is 16.5. The second kappa shape index (κ2) is 10.1. The molecule has 0 spiro atoms. The van der Waals surface area contributed by atoms with Crippen LogP contribution in [-0.2, 0) is 16.1 Å². The minimum Gasteiger partial charge on any atom is -0.467 e. The number of hydrogen-bond donors (Lipinski definition) is 3. The van der Waals surface area contributed by atoms with E-state index in [-0.39, 0.29) is 18.4 Å². The molecule has 0 unspecified atom stereocenters. The summed E-state index contributed by atoms with van der Waals surface area (Å²) in [6.07, 6.45) is 2.33. The zero-order valence-electron chi connectivity index (χ0n) is 14.2. The summed E-state index contributed by atoms with van der Waals surface area (Å²) in [4.78, 5) is 23.9. The van der Waals surface area contributed by atoms with Crippen molar-refractivity contribution in [1.29, 1.82) is 0 Å². The first-order valence-electron chi connectivity index (χ1n) is 8.09. The van der Waals surface area contributed by atoms with E-state index in [1.807, 2.05) is 6.07 Å². The lowest BCUT2D eigenvalue weighted by Gasteiger charge is -2.09. The third kappa shape index (κ3) is 6.68. The summed E-state index contributed by atoms with van der Waals surface area (Å²) in [5.41, 5.74) is 1.22. The molecule has 1 aromatic heterocycles. The second-order valence-corrected chi connectivity index (χ2v) is 5.39. The quantitative estimate of drug-likeness (QED) is 0.571. The molecule has 7 nitrogen and oxygen atoms in total. The van der Waals surface area contributed by atoms with Gasteiger partial charge >= 0.3 is 0 Å². The van der Waals surface area contributed by atoms with Crippen molar-refractivity contribution in [2.45, 2.75) is 13.0 Å². The minimum absolute atomic E-state index is 0.108. The molecule has 0 saturated carbocycles. The highest BCUT2D eigenvalue weighted by Gasteiger charge is 2.07. The lowest BCUT2D eigenvalue weighted by atomic mass is 10.2. The van der Waals surface area contributed by atoms with Gasteiger partial charge in [-0.2, -0.15) is 0 Å².